The molecule has 2 bridgehead atoms. The summed E-state index contributed by atoms with van der Waals surface area (Å²) in [7, 11) is 0. The van der Waals surface area contributed by atoms with Crippen LogP contribution in [0.3, 0.4) is 0 Å². The summed E-state index contributed by atoms with van der Waals surface area (Å²) in [5.74, 6) is 0. The van der Waals surface area contributed by atoms with E-state index in [-0.39, 0.29) is 12.1 Å². The average molecular weight is 168 g/mol. The van der Waals surface area contributed by atoms with Gasteiger partial charge in [-0.05, 0) is 6.42 Å². The Kier molecular flexibility index (Phi) is 1.26. The molecule has 66 valence electrons. The minimum Gasteiger partial charge on any atom is -0.370 e. The SMILES string of the molecule is O=CN[C@@H]1C2[C@@H]3CCN2C[C@H]1O3. The first-order valence-electron chi connectivity index (χ1n) is 4.49. The maximum Gasteiger partial charge on any atom is 0.207 e. The third-order valence-corrected chi connectivity index (χ3v) is 3.30. The number of rotatable bonds is 2. The Morgan fingerprint density at radius 3 is 3.17 bits per heavy atom. The number of nitrogens with zero attached hydrogens (tertiary/aromatic N) is 1. The van der Waals surface area contributed by atoms with Gasteiger partial charge in [-0.15, -0.1) is 0 Å². The number of hydrogen-bond acceptors (Lipinski definition) is 3. The van der Waals surface area contributed by atoms with Gasteiger partial charge in [0, 0.05) is 13.1 Å². The summed E-state index contributed by atoms with van der Waals surface area (Å²) in [5, 5.41) is 2.86. The van der Waals surface area contributed by atoms with E-state index in [4.69, 9.17) is 4.74 Å². The van der Waals surface area contributed by atoms with Crippen LogP contribution in [-0.4, -0.2) is 48.7 Å². The quantitative estimate of drug-likeness (QED) is 0.535. The lowest BCUT2D eigenvalue weighted by Gasteiger charge is -2.21. The molecule has 0 spiro atoms. The standard InChI is InChI=1S/C8H12N2O2/c11-4-9-7-6-3-10-2-1-5(12-6)8(7)10/h4-8H,1-3H2,(H,9,11)/t5-,6+,7-,8?/m0/s1. The topological polar surface area (TPSA) is 41.6 Å². The van der Waals surface area contributed by atoms with Gasteiger partial charge in [0.25, 0.3) is 0 Å². The highest BCUT2D eigenvalue weighted by molar-refractivity contribution is 5.48. The van der Waals surface area contributed by atoms with Crippen molar-refractivity contribution >= 4 is 6.41 Å². The van der Waals surface area contributed by atoms with Crippen LogP contribution in [0.2, 0.25) is 0 Å². The Morgan fingerprint density at radius 1 is 1.50 bits per heavy atom. The van der Waals surface area contributed by atoms with Crippen molar-refractivity contribution in [3.63, 3.8) is 0 Å². The van der Waals surface area contributed by atoms with E-state index in [1.807, 2.05) is 0 Å². The second-order valence-electron chi connectivity index (χ2n) is 3.80. The Morgan fingerprint density at radius 2 is 2.42 bits per heavy atom. The zero-order valence-corrected chi connectivity index (χ0v) is 6.77. The van der Waals surface area contributed by atoms with Crippen LogP contribution in [0, 0.1) is 0 Å². The van der Waals surface area contributed by atoms with Crippen molar-refractivity contribution in [1.82, 2.24) is 10.2 Å². The zero-order chi connectivity index (χ0) is 8.13. The highest BCUT2D eigenvalue weighted by Gasteiger charge is 2.56. The van der Waals surface area contributed by atoms with E-state index in [0.29, 0.717) is 12.1 Å². The summed E-state index contributed by atoms with van der Waals surface area (Å²) in [6.45, 7) is 2.15. The van der Waals surface area contributed by atoms with E-state index < -0.39 is 0 Å². The maximum absolute atomic E-state index is 10.3. The number of ether oxygens (including phenoxy) is 1. The molecule has 0 aromatic rings. The predicted octanol–water partition coefficient (Wildman–Crippen LogP) is -1.04. The Labute approximate surface area is 70.9 Å². The fourth-order valence-corrected chi connectivity index (χ4v) is 2.87. The van der Waals surface area contributed by atoms with Crippen LogP contribution >= 0.6 is 0 Å². The van der Waals surface area contributed by atoms with Crippen molar-refractivity contribution in [2.45, 2.75) is 30.7 Å². The molecular weight excluding hydrogens is 156 g/mol. The number of hydrogen-bond donors (Lipinski definition) is 1. The minimum atomic E-state index is 0.257. The molecule has 1 unspecified atom stereocenters. The second-order valence-corrected chi connectivity index (χ2v) is 3.80. The van der Waals surface area contributed by atoms with Crippen LogP contribution in [0.15, 0.2) is 0 Å². The normalized spacial score (nSPS) is 50.0. The largest absolute Gasteiger partial charge is 0.370 e. The van der Waals surface area contributed by atoms with Crippen LogP contribution in [-0.2, 0) is 9.53 Å². The van der Waals surface area contributed by atoms with Crippen molar-refractivity contribution in [2.24, 2.45) is 0 Å². The molecule has 0 aromatic carbocycles. The molecule has 3 aliphatic rings. The molecule has 4 atom stereocenters. The van der Waals surface area contributed by atoms with E-state index in [1.165, 1.54) is 0 Å². The number of carbonyl (C=O) groups excluding carboxylic acids is 1. The first-order valence-corrected chi connectivity index (χ1v) is 4.49. The first kappa shape index (κ1) is 6.86. The fraction of sp³-hybridized carbons (Fsp3) is 0.875. The van der Waals surface area contributed by atoms with Gasteiger partial charge in [-0.3, -0.25) is 9.69 Å². The van der Waals surface area contributed by atoms with Gasteiger partial charge in [0.05, 0.1) is 24.3 Å². The summed E-state index contributed by atoms with van der Waals surface area (Å²) < 4.78 is 5.75. The summed E-state index contributed by atoms with van der Waals surface area (Å²) in [6.07, 6.45) is 2.58. The van der Waals surface area contributed by atoms with Crippen molar-refractivity contribution in [2.75, 3.05) is 13.1 Å². The first-order chi connectivity index (χ1) is 5.90. The van der Waals surface area contributed by atoms with Crippen molar-refractivity contribution in [3.8, 4) is 0 Å². The highest BCUT2D eigenvalue weighted by Crippen LogP contribution is 2.39. The van der Waals surface area contributed by atoms with Gasteiger partial charge in [-0.25, -0.2) is 0 Å². The molecule has 1 N–H and O–H groups in total. The van der Waals surface area contributed by atoms with Crippen molar-refractivity contribution in [1.29, 1.82) is 0 Å². The Balaban J connectivity index is 1.86. The van der Waals surface area contributed by atoms with Gasteiger partial charge >= 0.3 is 0 Å². The number of carbonyl (C=O) groups is 1. The van der Waals surface area contributed by atoms with Crippen LogP contribution in [0.25, 0.3) is 0 Å². The van der Waals surface area contributed by atoms with E-state index >= 15 is 0 Å². The molecule has 3 heterocycles. The lowest BCUT2D eigenvalue weighted by atomic mass is 10.1. The van der Waals surface area contributed by atoms with Crippen LogP contribution < -0.4 is 5.32 Å². The molecule has 4 nitrogen and oxygen atoms in total. The average Bonchev–Trinajstić information content (AvgIpc) is 2.61. The third kappa shape index (κ3) is 0.671. The predicted molar refractivity (Wildman–Crippen MR) is 41.6 cm³/mol. The summed E-state index contributed by atoms with van der Waals surface area (Å²) in [6, 6.07) is 0.732. The van der Waals surface area contributed by atoms with E-state index in [1.54, 1.807) is 0 Å². The van der Waals surface area contributed by atoms with Gasteiger partial charge < -0.3 is 10.1 Å². The number of fused-ring (bicyclic) bond motifs is 1. The molecule has 12 heavy (non-hydrogen) atoms. The molecule has 0 aromatic heterocycles. The molecule has 3 fully saturated rings. The van der Waals surface area contributed by atoms with Crippen molar-refractivity contribution in [3.05, 3.63) is 0 Å². The molecule has 0 radical (unpaired) electrons. The molecule has 0 aliphatic carbocycles. The zero-order valence-electron chi connectivity index (χ0n) is 6.77. The summed E-state index contributed by atoms with van der Waals surface area (Å²) in [5.41, 5.74) is 0. The Hall–Kier alpha value is -0.610. The van der Waals surface area contributed by atoms with Crippen molar-refractivity contribution < 1.29 is 9.53 Å². The highest BCUT2D eigenvalue weighted by atomic mass is 16.5. The second kappa shape index (κ2) is 2.20. The lowest BCUT2D eigenvalue weighted by Crippen LogP contribution is -2.41. The molecule has 3 saturated heterocycles. The molecule has 4 heteroatoms. The molecule has 3 aliphatic heterocycles. The molecule has 0 saturated carbocycles. The smallest absolute Gasteiger partial charge is 0.207 e. The van der Waals surface area contributed by atoms with Gasteiger partial charge in [0.15, 0.2) is 0 Å². The van der Waals surface area contributed by atoms with E-state index in [9.17, 15) is 4.79 Å². The number of morpholine rings is 1. The fourth-order valence-electron chi connectivity index (χ4n) is 2.87. The van der Waals surface area contributed by atoms with Gasteiger partial charge in [-0.2, -0.15) is 0 Å². The van der Waals surface area contributed by atoms with Gasteiger partial charge in [-0.1, -0.05) is 0 Å². The molecule has 1 amide bonds. The summed E-state index contributed by atoms with van der Waals surface area (Å²) >= 11 is 0. The van der Waals surface area contributed by atoms with Crippen LogP contribution in [0.4, 0.5) is 0 Å². The maximum atomic E-state index is 10.3. The van der Waals surface area contributed by atoms with E-state index in [2.05, 4.69) is 10.2 Å². The van der Waals surface area contributed by atoms with Gasteiger partial charge in [0.1, 0.15) is 0 Å². The van der Waals surface area contributed by atoms with Crippen LogP contribution in [0.5, 0.6) is 0 Å². The van der Waals surface area contributed by atoms with E-state index in [0.717, 1.165) is 25.9 Å². The van der Waals surface area contributed by atoms with Gasteiger partial charge in [0.2, 0.25) is 6.41 Å². The van der Waals surface area contributed by atoms with Crippen LogP contribution in [0.1, 0.15) is 6.42 Å². The Bertz CT molecular complexity index is 207. The monoisotopic (exact) mass is 168 g/mol. The number of nitrogens with one attached hydrogen (secondary N) is 1. The lowest BCUT2D eigenvalue weighted by molar-refractivity contribution is -0.110. The minimum absolute atomic E-state index is 0.257. The number of amides is 1. The third-order valence-electron chi connectivity index (χ3n) is 3.30. The molecular formula is C8H12N2O2. The molecule has 3 rings (SSSR count). The summed E-state index contributed by atoms with van der Waals surface area (Å²) in [4.78, 5) is 12.8.